The molecule has 0 bridgehead atoms. The van der Waals surface area contributed by atoms with E-state index in [0.717, 1.165) is 10.9 Å². The second-order valence-electron chi connectivity index (χ2n) is 19.8. The van der Waals surface area contributed by atoms with Crippen molar-refractivity contribution in [3.05, 3.63) is 36.0 Å². The largest absolute Gasteiger partial charge is 0.480 e. The van der Waals surface area contributed by atoms with E-state index in [9.17, 15) is 63.0 Å². The number of nitrogens with zero attached hydrogens (tertiary/aromatic N) is 3. The van der Waals surface area contributed by atoms with E-state index in [1.165, 1.54) is 21.6 Å². The van der Waals surface area contributed by atoms with Crippen LogP contribution in [0.3, 0.4) is 0 Å². The zero-order valence-electron chi connectivity index (χ0n) is 44.8. The highest BCUT2D eigenvalue weighted by Gasteiger charge is 2.43. The molecule has 4 rings (SSSR count). The number of benzene rings is 1. The van der Waals surface area contributed by atoms with Crippen LogP contribution in [0.1, 0.15) is 83.6 Å². The van der Waals surface area contributed by atoms with Gasteiger partial charge in [-0.2, -0.15) is 11.8 Å². The molecule has 1 aromatic carbocycles. The Morgan fingerprint density at radius 1 is 0.747 bits per heavy atom. The van der Waals surface area contributed by atoms with Gasteiger partial charge in [0.1, 0.15) is 42.3 Å². The van der Waals surface area contributed by atoms with Crippen LogP contribution in [0, 0.1) is 5.92 Å². The minimum Gasteiger partial charge on any atom is -0.480 e. The quantitative estimate of drug-likeness (QED) is 0.0188. The number of aliphatic carboxylic acids is 1. The third-order valence-corrected chi connectivity index (χ3v) is 13.9. The highest BCUT2D eigenvalue weighted by molar-refractivity contribution is 7.98. The fourth-order valence-corrected chi connectivity index (χ4v) is 9.63. The van der Waals surface area contributed by atoms with Crippen LogP contribution in [0.15, 0.2) is 35.5 Å². The lowest BCUT2D eigenvalue weighted by atomic mass is 10.0. The van der Waals surface area contributed by atoms with E-state index >= 15 is 0 Å². The molecule has 2 saturated heterocycles. The van der Waals surface area contributed by atoms with E-state index in [1.807, 2.05) is 26.0 Å². The topological polar surface area (TPSA) is 451 Å². The van der Waals surface area contributed by atoms with Crippen LogP contribution in [0.4, 0.5) is 0 Å². The number of carbonyl (C=O) groups excluding carboxylic acids is 10. The Balaban J connectivity index is 1.53. The molecule has 436 valence electrons. The number of nitrogens with two attached hydrogens (primary N) is 4. The number of fused-ring (bicyclic) bond motifs is 1. The second kappa shape index (κ2) is 31.8. The molecule has 0 unspecified atom stereocenters. The molecule has 2 fully saturated rings. The molecule has 79 heavy (non-hydrogen) atoms. The van der Waals surface area contributed by atoms with Crippen LogP contribution in [-0.2, 0) is 59.2 Å². The van der Waals surface area contributed by atoms with Gasteiger partial charge >= 0.3 is 5.97 Å². The van der Waals surface area contributed by atoms with Gasteiger partial charge in [-0.05, 0) is 87.3 Å². The van der Waals surface area contributed by atoms with Gasteiger partial charge in [-0.25, -0.2) is 4.79 Å². The van der Waals surface area contributed by atoms with E-state index in [-0.39, 0.29) is 82.9 Å². The zero-order chi connectivity index (χ0) is 58.3. The number of primary amides is 1. The maximum Gasteiger partial charge on any atom is 0.328 e. The lowest BCUT2D eigenvalue weighted by Gasteiger charge is -2.32. The van der Waals surface area contributed by atoms with Gasteiger partial charge in [0.25, 0.3) is 0 Å². The van der Waals surface area contributed by atoms with Crippen LogP contribution in [0.25, 0.3) is 10.9 Å². The highest BCUT2D eigenvalue weighted by atomic mass is 32.2. The molecular weight excluding hydrogens is 1050 g/mol. The molecule has 0 radical (unpaired) electrons. The molecule has 0 aliphatic carbocycles. The predicted molar refractivity (Wildman–Crippen MR) is 291 cm³/mol. The van der Waals surface area contributed by atoms with E-state index in [4.69, 9.17) is 22.9 Å². The van der Waals surface area contributed by atoms with Crippen LogP contribution in [0.5, 0.6) is 0 Å². The Morgan fingerprint density at radius 3 is 2.01 bits per heavy atom. The predicted octanol–water partition coefficient (Wildman–Crippen LogP) is -4.13. The Hall–Kier alpha value is -7.53. The van der Waals surface area contributed by atoms with Crippen molar-refractivity contribution in [2.24, 2.45) is 33.8 Å². The molecular formula is C50H77N15O13S. The molecule has 28 nitrogen and oxygen atoms in total. The number of aliphatic imine (C=N–C) groups is 1. The average molecular weight is 1130 g/mol. The summed E-state index contributed by atoms with van der Waals surface area (Å²) in [7, 11) is 0. The number of rotatable bonds is 32. The number of aromatic amines is 1. The van der Waals surface area contributed by atoms with Crippen LogP contribution in [-0.4, -0.2) is 196 Å². The summed E-state index contributed by atoms with van der Waals surface area (Å²) in [6, 6.07) is -2.61. The van der Waals surface area contributed by atoms with E-state index in [0.29, 0.717) is 30.6 Å². The van der Waals surface area contributed by atoms with Crippen LogP contribution >= 0.6 is 11.8 Å². The smallest absolute Gasteiger partial charge is 0.328 e. The molecule has 0 saturated carbocycles. The summed E-state index contributed by atoms with van der Waals surface area (Å²) < 4.78 is 0. The Bertz CT molecular complexity index is 2520. The Labute approximate surface area is 461 Å². The maximum atomic E-state index is 14.5. The van der Waals surface area contributed by atoms with Crippen LogP contribution < -0.4 is 60.2 Å². The number of amides is 10. The van der Waals surface area contributed by atoms with Crippen molar-refractivity contribution < 1.29 is 63.0 Å². The molecule has 8 atom stereocenters. The number of hydrogen-bond acceptors (Lipinski definition) is 15. The minimum absolute atomic E-state index is 0.0146. The maximum absolute atomic E-state index is 14.5. The minimum atomic E-state index is -1.64. The second-order valence-corrected chi connectivity index (χ2v) is 20.8. The first-order valence-corrected chi connectivity index (χ1v) is 27.6. The van der Waals surface area contributed by atoms with Gasteiger partial charge in [-0.15, -0.1) is 0 Å². The van der Waals surface area contributed by atoms with E-state index < -0.39 is 133 Å². The fourth-order valence-electron chi connectivity index (χ4n) is 9.16. The summed E-state index contributed by atoms with van der Waals surface area (Å²) in [4.78, 5) is 156. The first-order chi connectivity index (χ1) is 37.5. The Morgan fingerprint density at radius 2 is 1.37 bits per heavy atom. The van der Waals surface area contributed by atoms with Gasteiger partial charge in [-0.1, -0.05) is 32.0 Å². The monoisotopic (exact) mass is 1130 g/mol. The summed E-state index contributed by atoms with van der Waals surface area (Å²) >= 11 is 1.39. The number of hydrogen-bond donors (Lipinski definition) is 14. The van der Waals surface area contributed by atoms with Gasteiger partial charge in [0, 0.05) is 49.6 Å². The van der Waals surface area contributed by atoms with Crippen LogP contribution in [0.2, 0.25) is 0 Å². The summed E-state index contributed by atoms with van der Waals surface area (Å²) in [5.41, 5.74) is 23.3. The van der Waals surface area contributed by atoms with Crippen molar-refractivity contribution in [1.82, 2.24) is 52.0 Å². The number of carbonyl (C=O) groups is 11. The number of nitrogens with one attached hydrogen (secondary N) is 8. The van der Waals surface area contributed by atoms with Crippen molar-refractivity contribution in [3.8, 4) is 0 Å². The van der Waals surface area contributed by atoms with Crippen molar-refractivity contribution >= 4 is 93.7 Å². The number of carboxylic acids is 1. The van der Waals surface area contributed by atoms with E-state index in [1.54, 1.807) is 24.6 Å². The van der Waals surface area contributed by atoms with Gasteiger partial charge in [0.05, 0.1) is 25.7 Å². The van der Waals surface area contributed by atoms with Crippen molar-refractivity contribution in [3.63, 3.8) is 0 Å². The summed E-state index contributed by atoms with van der Waals surface area (Å²) in [5, 5.41) is 37.2. The number of thioether (sulfide) groups is 1. The molecule has 3 heterocycles. The molecule has 29 heteroatoms. The number of H-pyrrole nitrogens is 1. The van der Waals surface area contributed by atoms with Crippen molar-refractivity contribution in [2.75, 3.05) is 51.3 Å². The molecule has 2 aromatic rings. The number of aromatic nitrogens is 1. The van der Waals surface area contributed by atoms with E-state index in [2.05, 4.69) is 47.2 Å². The van der Waals surface area contributed by atoms with Crippen molar-refractivity contribution in [1.29, 1.82) is 0 Å². The first kappa shape index (κ1) is 64.0. The number of aliphatic hydroxyl groups excluding tert-OH is 1. The number of likely N-dealkylation sites (tertiary alicyclic amines) is 2. The molecule has 10 amide bonds. The molecule has 1 aromatic heterocycles. The van der Waals surface area contributed by atoms with Crippen molar-refractivity contribution in [2.45, 2.75) is 133 Å². The average Bonchev–Trinajstić information content (AvgIpc) is 4.21. The van der Waals surface area contributed by atoms with Gasteiger partial charge in [-0.3, -0.25) is 52.9 Å². The fraction of sp³-hybridized carbons (Fsp3) is 0.600. The number of para-hydroxylation sites is 1. The normalized spacial score (nSPS) is 17.3. The lowest BCUT2D eigenvalue weighted by molar-refractivity contribution is -0.147. The molecule has 0 spiro atoms. The number of aliphatic hydroxyl groups is 1. The third-order valence-electron chi connectivity index (χ3n) is 13.3. The SMILES string of the molecule is CSCC[C@H](NC(=O)[C@H](CC(C)C)NC(=O)[C@@H]1CCCN1C(=O)[C@@H]1CCCN1C(=O)CNC(=O)[C@@H](N)CCC(N)=O)C(=O)N[C@@H](Cc1c[nH]c2ccccc12)C(=O)N[C@@H](CCCN=C(N)N)C(=O)NCC(=O)N[C@@H](CO)C(=O)O. The summed E-state index contributed by atoms with van der Waals surface area (Å²) in [6.07, 6.45) is 5.01. The molecule has 2 aliphatic rings. The van der Waals surface area contributed by atoms with Gasteiger partial charge < -0.3 is 85.1 Å². The number of guanidine groups is 1. The lowest BCUT2D eigenvalue weighted by Crippen LogP contribution is -2.60. The standard InChI is InChI=1S/C50H77N15O13S/c1-27(2)21-34(63-47(75)37-12-7-19-65(37)48(76)38-13-8-18-64(38)41(69)25-58-42(70)30(51)14-15-39(52)67)45(73)61-33(16-20-79-3)44(72)62-35(22-28-23-56-31-10-5-4-9-29(28)31)46(74)60-32(11-6-17-55-50(53)54)43(71)57-24-40(68)59-36(26-66)49(77)78/h4-5,9-10,23,27,30,32-38,56,66H,6-8,11-22,24-26,51H2,1-3H3,(H2,52,67)(H,57,71)(H,58,70)(H,59,68)(H,60,74)(H,61,73)(H,62,72)(H,63,75)(H,77,78)(H4,53,54,55)/t30-,32-,33-,34-,35-,36-,37-,38-/m0/s1. The first-order valence-electron chi connectivity index (χ1n) is 26.2. The molecule has 2 aliphatic heterocycles. The zero-order valence-corrected chi connectivity index (χ0v) is 45.6. The molecule has 18 N–H and O–H groups in total. The van der Waals surface area contributed by atoms with Gasteiger partial charge in [0.15, 0.2) is 5.96 Å². The van der Waals surface area contributed by atoms with Gasteiger partial charge in [0.2, 0.25) is 59.1 Å². The summed E-state index contributed by atoms with van der Waals surface area (Å²) in [6.45, 7) is 2.06. The third kappa shape index (κ3) is 20.0. The Kier molecular flexibility index (Phi) is 25.7. The summed E-state index contributed by atoms with van der Waals surface area (Å²) in [5.74, 6) is -8.55. The number of carboxylic acid groups (broad SMARTS) is 1. The highest BCUT2D eigenvalue weighted by Crippen LogP contribution is 2.26.